The molecule has 9 heterocycles. The van der Waals surface area contributed by atoms with Gasteiger partial charge < -0.3 is 0 Å². The summed E-state index contributed by atoms with van der Waals surface area (Å²) in [5, 5.41) is 0. The summed E-state index contributed by atoms with van der Waals surface area (Å²) in [5.41, 5.74) is 7.91. The monoisotopic (exact) mass is 798 g/mol. The lowest BCUT2D eigenvalue weighted by atomic mass is 10.0. The van der Waals surface area contributed by atoms with Crippen molar-refractivity contribution in [3.8, 4) is 87.3 Å². The summed E-state index contributed by atoms with van der Waals surface area (Å²) < 4.78 is 42.1. The van der Waals surface area contributed by atoms with Gasteiger partial charge in [0, 0.05) is 44.3 Å². The van der Waals surface area contributed by atoms with Crippen LogP contribution < -0.4 is 0 Å². The van der Waals surface area contributed by atoms with Gasteiger partial charge >= 0.3 is 0 Å². The van der Waals surface area contributed by atoms with Crippen molar-refractivity contribution in [3.05, 3.63) is 158 Å². The second-order valence-corrected chi connectivity index (χ2v) is 15.5. The minimum absolute atomic E-state index is 0.0751. The molecule has 0 fully saturated rings. The van der Waals surface area contributed by atoms with Crippen LogP contribution >= 0.6 is 34.4 Å². The van der Waals surface area contributed by atoms with Gasteiger partial charge in [0.25, 0.3) is 0 Å². The molecule has 9 aromatic heterocycles. The highest BCUT2D eigenvalue weighted by Gasteiger charge is 2.27. The molecule has 0 bridgehead atoms. The first-order chi connectivity index (χ1) is 28.1. The Kier molecular flexibility index (Phi) is 8.94. The van der Waals surface area contributed by atoms with Crippen molar-refractivity contribution in [2.24, 2.45) is 0 Å². The zero-order valence-electron chi connectivity index (χ0n) is 29.4. The fourth-order valence-electron chi connectivity index (χ4n) is 6.58. The average molecular weight is 799 g/mol. The molecule has 0 saturated carbocycles. The molecule has 0 aliphatic carbocycles. The van der Waals surface area contributed by atoms with Crippen molar-refractivity contribution in [2.75, 3.05) is 0 Å². The van der Waals surface area contributed by atoms with E-state index in [0.717, 1.165) is 32.6 Å². The maximum atomic E-state index is 16.6. The molecule has 0 aliphatic heterocycles. The number of benzene rings is 1. The lowest BCUT2D eigenvalue weighted by Gasteiger charge is -2.09. The highest BCUT2D eigenvalue weighted by atomic mass is 32.1. The summed E-state index contributed by atoms with van der Waals surface area (Å²) in [4.78, 5) is 30.5. The van der Waals surface area contributed by atoms with Crippen LogP contribution in [0.5, 0.6) is 0 Å². The van der Waals surface area contributed by atoms with Crippen LogP contribution in [0.15, 0.2) is 146 Å². The molecule has 10 aromatic rings. The molecule has 0 radical (unpaired) electrons. The van der Waals surface area contributed by atoms with E-state index in [0.29, 0.717) is 66.3 Å². The van der Waals surface area contributed by atoms with Gasteiger partial charge in [-0.25, -0.2) is 18.7 Å². The molecule has 0 spiro atoms. The molecular formula is C44H24F2N8S3. The summed E-state index contributed by atoms with van der Waals surface area (Å²) in [7, 11) is 0. The molecule has 0 aliphatic rings. The quantitative estimate of drug-likeness (QED) is 0.150. The maximum Gasteiger partial charge on any atom is 0.170 e. The van der Waals surface area contributed by atoms with E-state index in [-0.39, 0.29) is 11.1 Å². The van der Waals surface area contributed by atoms with Crippen LogP contribution in [0, 0.1) is 11.6 Å². The number of pyridine rings is 6. The van der Waals surface area contributed by atoms with E-state index in [1.807, 2.05) is 109 Å². The van der Waals surface area contributed by atoms with Crippen molar-refractivity contribution in [1.82, 2.24) is 38.7 Å². The number of nitrogens with zero attached hydrogens (tertiary/aromatic N) is 8. The van der Waals surface area contributed by atoms with E-state index < -0.39 is 11.6 Å². The first kappa shape index (κ1) is 34.7. The van der Waals surface area contributed by atoms with Crippen LogP contribution in [-0.2, 0) is 0 Å². The number of thiophene rings is 2. The van der Waals surface area contributed by atoms with Crippen molar-refractivity contribution in [2.45, 2.75) is 0 Å². The number of halogens is 2. The van der Waals surface area contributed by atoms with E-state index in [4.69, 9.17) is 9.97 Å². The second-order valence-electron chi connectivity index (χ2n) is 12.8. The smallest absolute Gasteiger partial charge is 0.170 e. The summed E-state index contributed by atoms with van der Waals surface area (Å²) in [6.07, 6.45) is 6.88. The largest absolute Gasteiger partial charge is 0.255 e. The van der Waals surface area contributed by atoms with E-state index in [1.165, 1.54) is 22.7 Å². The van der Waals surface area contributed by atoms with Gasteiger partial charge in [0.15, 0.2) is 11.6 Å². The molecule has 272 valence electrons. The zero-order valence-corrected chi connectivity index (χ0v) is 31.9. The minimum atomic E-state index is -0.981. The highest BCUT2D eigenvalue weighted by Crippen LogP contribution is 2.46. The molecular weight excluding hydrogens is 775 g/mol. The fraction of sp³-hybridized carbons (Fsp3) is 0. The summed E-state index contributed by atoms with van der Waals surface area (Å²) in [6.45, 7) is 0. The van der Waals surface area contributed by atoms with Crippen molar-refractivity contribution in [1.29, 1.82) is 0 Å². The maximum absolute atomic E-state index is 16.6. The molecule has 0 amide bonds. The van der Waals surface area contributed by atoms with Crippen molar-refractivity contribution < 1.29 is 8.78 Å². The molecule has 0 atom stereocenters. The van der Waals surface area contributed by atoms with E-state index in [9.17, 15) is 0 Å². The number of rotatable bonds is 8. The molecule has 8 nitrogen and oxygen atoms in total. The van der Waals surface area contributed by atoms with Crippen LogP contribution in [0.3, 0.4) is 0 Å². The predicted octanol–water partition coefficient (Wildman–Crippen LogP) is 11.8. The van der Waals surface area contributed by atoms with Gasteiger partial charge in [-0.3, -0.25) is 19.9 Å². The Balaban J connectivity index is 1.05. The molecule has 13 heteroatoms. The SMILES string of the molecule is Fc1c(F)c(-c2ccc(-c3cc(-c4ccccn4)nc(-c4ccccn4)c3)s2)c2nsnc2c1-c1ccc(-c2cc(-c3ccccn3)nc(-c3ccccn3)c2)s1. The normalized spacial score (nSPS) is 11.3. The molecule has 0 saturated heterocycles. The van der Waals surface area contributed by atoms with Crippen molar-refractivity contribution >= 4 is 45.4 Å². The number of fused-ring (bicyclic) bond motifs is 1. The van der Waals surface area contributed by atoms with Crippen LogP contribution in [0.2, 0.25) is 0 Å². The van der Waals surface area contributed by atoms with Gasteiger partial charge in [0.2, 0.25) is 0 Å². The van der Waals surface area contributed by atoms with Crippen molar-refractivity contribution in [3.63, 3.8) is 0 Å². The molecule has 0 N–H and O–H groups in total. The van der Waals surface area contributed by atoms with Crippen LogP contribution in [0.1, 0.15) is 0 Å². The summed E-state index contributed by atoms with van der Waals surface area (Å²) in [6, 6.07) is 37.8. The van der Waals surface area contributed by atoms with E-state index in [2.05, 4.69) is 28.7 Å². The lowest BCUT2D eigenvalue weighted by Crippen LogP contribution is -1.95. The number of aromatic nitrogens is 8. The van der Waals surface area contributed by atoms with Gasteiger partial charge in [-0.15, -0.1) is 22.7 Å². The summed E-state index contributed by atoms with van der Waals surface area (Å²) >= 11 is 3.60. The summed E-state index contributed by atoms with van der Waals surface area (Å²) in [5.74, 6) is -1.96. The Hall–Kier alpha value is -6.80. The van der Waals surface area contributed by atoms with Crippen LogP contribution in [-0.4, -0.2) is 38.7 Å². The Labute approximate surface area is 336 Å². The fourth-order valence-corrected chi connectivity index (χ4v) is 9.20. The molecule has 1 aromatic carbocycles. The van der Waals surface area contributed by atoms with Gasteiger partial charge in [-0.05, 0) is 108 Å². The minimum Gasteiger partial charge on any atom is -0.255 e. The predicted molar refractivity (Wildman–Crippen MR) is 223 cm³/mol. The Morgan fingerprint density at radius 2 is 0.702 bits per heavy atom. The topological polar surface area (TPSA) is 103 Å². The van der Waals surface area contributed by atoms with Gasteiger partial charge in [-0.2, -0.15) is 8.75 Å². The molecule has 0 unspecified atom stereocenters. The molecule has 10 rings (SSSR count). The van der Waals surface area contributed by atoms with Gasteiger partial charge in [0.05, 0.1) is 68.4 Å². The Bertz CT molecular complexity index is 2730. The van der Waals surface area contributed by atoms with Crippen LogP contribution in [0.4, 0.5) is 8.78 Å². The first-order valence-electron chi connectivity index (χ1n) is 17.6. The number of hydrogen-bond donors (Lipinski definition) is 0. The third kappa shape index (κ3) is 6.57. The third-order valence-electron chi connectivity index (χ3n) is 9.23. The number of hydrogen-bond acceptors (Lipinski definition) is 11. The first-order valence-corrected chi connectivity index (χ1v) is 20.0. The second kappa shape index (κ2) is 14.7. The van der Waals surface area contributed by atoms with E-state index in [1.54, 1.807) is 36.9 Å². The zero-order chi connectivity index (χ0) is 38.3. The third-order valence-corrected chi connectivity index (χ3v) is 12.1. The highest BCUT2D eigenvalue weighted by molar-refractivity contribution is 7.19. The lowest BCUT2D eigenvalue weighted by molar-refractivity contribution is 0.516. The Morgan fingerprint density at radius 3 is 1.02 bits per heavy atom. The van der Waals surface area contributed by atoms with Gasteiger partial charge in [0.1, 0.15) is 11.0 Å². The van der Waals surface area contributed by atoms with Gasteiger partial charge in [-0.1, -0.05) is 24.3 Å². The average Bonchev–Trinajstić information content (AvgIpc) is 4.08. The van der Waals surface area contributed by atoms with E-state index >= 15 is 8.78 Å². The molecule has 57 heavy (non-hydrogen) atoms. The standard InChI is InChI=1S/C44H24F2N8S3/c45-41-39(37-15-13-35(55-37)25-21-31(27-9-1-5-17-47-27)51-32(22-25)28-10-2-6-18-48-28)43-44(54-57-53-43)40(42(41)46)38-16-14-36(56-38)26-23-33(29-11-3-7-19-49-29)52-34(24-26)30-12-4-8-20-50-30/h1-24H. The Morgan fingerprint density at radius 1 is 0.368 bits per heavy atom. The van der Waals surface area contributed by atoms with Crippen LogP contribution in [0.25, 0.3) is 98.3 Å².